The average Bonchev–Trinajstić information content (AvgIpc) is 2.37. The highest BCUT2D eigenvalue weighted by molar-refractivity contribution is 6.01. The van der Waals surface area contributed by atoms with Gasteiger partial charge in [-0.2, -0.15) is 0 Å². The van der Waals surface area contributed by atoms with Gasteiger partial charge in [-0.15, -0.1) is 0 Å². The molecule has 0 aliphatic carbocycles. The zero-order valence-corrected chi connectivity index (χ0v) is 11.9. The van der Waals surface area contributed by atoms with Gasteiger partial charge in [-0.05, 0) is 12.0 Å². The van der Waals surface area contributed by atoms with E-state index in [-0.39, 0.29) is 13.2 Å². The van der Waals surface area contributed by atoms with Crippen molar-refractivity contribution in [3.63, 3.8) is 0 Å². The second-order valence-corrected chi connectivity index (χ2v) is 4.84. The van der Waals surface area contributed by atoms with Crippen molar-refractivity contribution < 1.29 is 18.8 Å². The maximum atomic E-state index is 13.6. The van der Waals surface area contributed by atoms with Crippen LogP contribution >= 0.6 is 0 Å². The van der Waals surface area contributed by atoms with Crippen LogP contribution in [0.4, 0.5) is 15.8 Å². The van der Waals surface area contributed by atoms with E-state index in [2.05, 4.69) is 5.32 Å². The van der Waals surface area contributed by atoms with Gasteiger partial charge in [0.25, 0.3) is 11.6 Å². The van der Waals surface area contributed by atoms with Crippen LogP contribution in [0.3, 0.4) is 0 Å². The lowest BCUT2D eigenvalue weighted by Gasteiger charge is -2.10. The van der Waals surface area contributed by atoms with E-state index in [0.717, 1.165) is 12.1 Å². The zero-order chi connectivity index (χ0) is 16.0. The normalized spacial score (nSPS) is 10.7. The fraction of sp³-hybridized carbons (Fsp3) is 0.462. The van der Waals surface area contributed by atoms with Crippen LogP contribution in [0, 0.1) is 21.8 Å². The lowest BCUT2D eigenvalue weighted by molar-refractivity contribution is -0.384. The molecule has 1 aromatic rings. The van der Waals surface area contributed by atoms with Crippen molar-refractivity contribution >= 4 is 17.3 Å². The van der Waals surface area contributed by atoms with Gasteiger partial charge in [0.15, 0.2) is 0 Å². The molecule has 0 bridgehead atoms. The summed E-state index contributed by atoms with van der Waals surface area (Å²) in [5.74, 6) is -1.34. The molecule has 0 heterocycles. The van der Waals surface area contributed by atoms with Crippen LogP contribution in [0.1, 0.15) is 24.2 Å². The molecule has 1 amide bonds. The van der Waals surface area contributed by atoms with Crippen molar-refractivity contribution in [1.82, 2.24) is 5.32 Å². The molecule has 0 radical (unpaired) electrons. The van der Waals surface area contributed by atoms with E-state index in [1.807, 2.05) is 13.8 Å². The van der Waals surface area contributed by atoms with E-state index >= 15 is 0 Å². The number of anilines is 1. The van der Waals surface area contributed by atoms with Crippen LogP contribution in [0.5, 0.6) is 0 Å². The molecule has 0 spiro atoms. The Kier molecular flexibility index (Phi) is 6.04. The maximum Gasteiger partial charge on any atom is 0.293 e. The highest BCUT2D eigenvalue weighted by Crippen LogP contribution is 2.27. The number of amides is 1. The standard InChI is InChI=1S/C13H18FN3O4/c1-8(2)7-21-6-5-16-13(18)11-9(14)3-4-10(12(11)15)17(19)20/h3-4,8H,5-7,15H2,1-2H3,(H,16,18). The van der Waals surface area contributed by atoms with E-state index in [1.54, 1.807) is 0 Å². The Morgan fingerprint density at radius 2 is 2.19 bits per heavy atom. The molecule has 0 fully saturated rings. The molecule has 1 rings (SSSR count). The summed E-state index contributed by atoms with van der Waals surface area (Å²) in [6.07, 6.45) is 0. The molecule has 0 aliphatic heterocycles. The molecular formula is C13H18FN3O4. The average molecular weight is 299 g/mol. The number of carbonyl (C=O) groups excluding carboxylic acids is 1. The number of nitrogens with zero attached hydrogens (tertiary/aromatic N) is 1. The van der Waals surface area contributed by atoms with Gasteiger partial charge in [0.2, 0.25) is 0 Å². The first-order valence-electron chi connectivity index (χ1n) is 6.43. The van der Waals surface area contributed by atoms with Crippen molar-refractivity contribution in [2.24, 2.45) is 5.92 Å². The number of nitrogens with one attached hydrogen (secondary N) is 1. The van der Waals surface area contributed by atoms with E-state index in [0.29, 0.717) is 12.5 Å². The lowest BCUT2D eigenvalue weighted by atomic mass is 10.1. The number of ether oxygens (including phenoxy) is 1. The molecule has 0 unspecified atom stereocenters. The van der Waals surface area contributed by atoms with Crippen molar-refractivity contribution in [3.8, 4) is 0 Å². The largest absolute Gasteiger partial charge is 0.392 e. The Bertz CT molecular complexity index is 534. The SMILES string of the molecule is CC(C)COCCNC(=O)c1c(F)ccc([N+](=O)[O-])c1N. The third kappa shape index (κ3) is 4.67. The molecule has 0 atom stereocenters. The first-order valence-corrected chi connectivity index (χ1v) is 6.43. The number of carbonyl (C=O) groups is 1. The summed E-state index contributed by atoms with van der Waals surface area (Å²) in [7, 11) is 0. The quantitative estimate of drug-likeness (QED) is 0.345. The summed E-state index contributed by atoms with van der Waals surface area (Å²) < 4.78 is 18.9. The van der Waals surface area contributed by atoms with Crippen molar-refractivity contribution in [3.05, 3.63) is 33.6 Å². The monoisotopic (exact) mass is 299 g/mol. The molecule has 0 saturated carbocycles. The highest BCUT2D eigenvalue weighted by atomic mass is 19.1. The van der Waals surface area contributed by atoms with Crippen LogP contribution in [0.2, 0.25) is 0 Å². The maximum absolute atomic E-state index is 13.6. The lowest BCUT2D eigenvalue weighted by Crippen LogP contribution is -2.29. The van der Waals surface area contributed by atoms with Crippen molar-refractivity contribution in [2.75, 3.05) is 25.5 Å². The second-order valence-electron chi connectivity index (χ2n) is 4.84. The van der Waals surface area contributed by atoms with Crippen LogP contribution in [0.15, 0.2) is 12.1 Å². The molecule has 116 valence electrons. The van der Waals surface area contributed by atoms with Gasteiger partial charge < -0.3 is 15.8 Å². The first-order chi connectivity index (χ1) is 9.84. The number of nitrogen functional groups attached to an aromatic ring is 1. The third-order valence-electron chi connectivity index (χ3n) is 2.58. The van der Waals surface area contributed by atoms with Gasteiger partial charge in [0, 0.05) is 19.2 Å². The van der Waals surface area contributed by atoms with E-state index in [1.165, 1.54) is 0 Å². The van der Waals surface area contributed by atoms with Gasteiger partial charge in [-0.3, -0.25) is 14.9 Å². The first kappa shape index (κ1) is 16.8. The Morgan fingerprint density at radius 1 is 1.52 bits per heavy atom. The second kappa shape index (κ2) is 7.53. The number of nitro groups is 1. The minimum Gasteiger partial charge on any atom is -0.392 e. The molecule has 21 heavy (non-hydrogen) atoms. The minimum atomic E-state index is -0.904. The summed E-state index contributed by atoms with van der Waals surface area (Å²) in [4.78, 5) is 21.8. The number of benzene rings is 1. The summed E-state index contributed by atoms with van der Waals surface area (Å²) in [5.41, 5.74) is 3.97. The fourth-order valence-electron chi connectivity index (χ4n) is 1.62. The number of rotatable bonds is 7. The number of nitrogens with two attached hydrogens (primary N) is 1. The van der Waals surface area contributed by atoms with Crippen LogP contribution in [0.25, 0.3) is 0 Å². The van der Waals surface area contributed by atoms with Crippen LogP contribution in [-0.4, -0.2) is 30.6 Å². The van der Waals surface area contributed by atoms with E-state index in [4.69, 9.17) is 10.5 Å². The number of halogens is 1. The summed E-state index contributed by atoms with van der Waals surface area (Å²) in [5, 5.41) is 13.1. The number of nitro benzene ring substituents is 1. The van der Waals surface area contributed by atoms with Crippen LogP contribution < -0.4 is 11.1 Å². The Balaban J connectivity index is 2.70. The molecule has 0 aliphatic rings. The molecule has 8 heteroatoms. The molecule has 1 aromatic carbocycles. The minimum absolute atomic E-state index is 0.160. The fourth-order valence-corrected chi connectivity index (χ4v) is 1.62. The van der Waals surface area contributed by atoms with Gasteiger partial charge in [-0.25, -0.2) is 4.39 Å². The Hall–Kier alpha value is -2.22. The summed E-state index contributed by atoms with van der Waals surface area (Å²) in [6, 6.07) is 1.77. The van der Waals surface area contributed by atoms with Crippen LogP contribution in [-0.2, 0) is 4.74 Å². The summed E-state index contributed by atoms with van der Waals surface area (Å²) in [6.45, 7) is 4.94. The van der Waals surface area contributed by atoms with E-state index < -0.39 is 33.6 Å². The predicted octanol–water partition coefficient (Wildman–Crippen LogP) is 1.72. The predicted molar refractivity (Wildman–Crippen MR) is 75.5 cm³/mol. The molecule has 3 N–H and O–H groups in total. The van der Waals surface area contributed by atoms with Gasteiger partial charge in [0.05, 0.1) is 11.5 Å². The smallest absolute Gasteiger partial charge is 0.293 e. The Morgan fingerprint density at radius 3 is 2.76 bits per heavy atom. The number of hydrogen-bond acceptors (Lipinski definition) is 5. The molecule has 0 saturated heterocycles. The van der Waals surface area contributed by atoms with Gasteiger partial charge in [0.1, 0.15) is 17.1 Å². The van der Waals surface area contributed by atoms with Gasteiger partial charge >= 0.3 is 0 Å². The van der Waals surface area contributed by atoms with Gasteiger partial charge in [-0.1, -0.05) is 13.8 Å². The molecular weight excluding hydrogens is 281 g/mol. The summed E-state index contributed by atoms with van der Waals surface area (Å²) >= 11 is 0. The van der Waals surface area contributed by atoms with E-state index in [9.17, 15) is 19.3 Å². The molecule has 7 nitrogen and oxygen atoms in total. The van der Waals surface area contributed by atoms with Crippen molar-refractivity contribution in [2.45, 2.75) is 13.8 Å². The number of hydrogen-bond donors (Lipinski definition) is 2. The molecule has 0 aromatic heterocycles. The highest BCUT2D eigenvalue weighted by Gasteiger charge is 2.23. The third-order valence-corrected chi connectivity index (χ3v) is 2.58. The zero-order valence-electron chi connectivity index (χ0n) is 11.9. The topological polar surface area (TPSA) is 107 Å². The Labute approximate surface area is 121 Å². The van der Waals surface area contributed by atoms with Crippen molar-refractivity contribution in [1.29, 1.82) is 0 Å².